The van der Waals surface area contributed by atoms with Crippen molar-refractivity contribution >= 4 is 28.5 Å². The van der Waals surface area contributed by atoms with Crippen molar-refractivity contribution in [2.24, 2.45) is 0 Å². The Labute approximate surface area is 152 Å². The summed E-state index contributed by atoms with van der Waals surface area (Å²) in [5.41, 5.74) is 5.15. The Morgan fingerprint density at radius 3 is 2.52 bits per heavy atom. The van der Waals surface area contributed by atoms with Crippen LogP contribution in [0.15, 0.2) is 42.5 Å². The second kappa shape index (κ2) is 7.24. The minimum absolute atomic E-state index is 0.311. The molecule has 0 radical (unpaired) electrons. The zero-order valence-electron chi connectivity index (χ0n) is 14.6. The lowest BCUT2D eigenvalue weighted by atomic mass is 10.00. The van der Waals surface area contributed by atoms with Gasteiger partial charge < -0.3 is 4.74 Å². The fraction of sp³-hybridized carbons (Fsp3) is 0.238. The standard InChI is InChI=1S/C21H20ClNO2/c1-4-9-25-21(24)18-12-19(15-5-7-16(22)8-6-15)23-20-14(3)10-13(2)11-17(18)20/h5-8,10-12H,4,9H2,1-3H3. The van der Waals surface area contributed by atoms with Gasteiger partial charge in [-0.05, 0) is 50.1 Å². The predicted molar refractivity (Wildman–Crippen MR) is 102 cm³/mol. The first-order valence-electron chi connectivity index (χ1n) is 8.34. The lowest BCUT2D eigenvalue weighted by Gasteiger charge is -2.12. The molecule has 0 aliphatic carbocycles. The molecule has 3 nitrogen and oxygen atoms in total. The minimum Gasteiger partial charge on any atom is -0.462 e. The van der Waals surface area contributed by atoms with Gasteiger partial charge >= 0.3 is 5.97 Å². The van der Waals surface area contributed by atoms with Crippen molar-refractivity contribution in [3.05, 3.63) is 64.2 Å². The zero-order valence-corrected chi connectivity index (χ0v) is 15.4. The molecule has 3 rings (SSSR count). The van der Waals surface area contributed by atoms with Crippen LogP contribution in [0.3, 0.4) is 0 Å². The first-order chi connectivity index (χ1) is 12.0. The summed E-state index contributed by atoms with van der Waals surface area (Å²) in [4.78, 5) is 17.4. The summed E-state index contributed by atoms with van der Waals surface area (Å²) in [6, 6.07) is 13.3. The van der Waals surface area contributed by atoms with Crippen LogP contribution in [0.2, 0.25) is 5.02 Å². The van der Waals surface area contributed by atoms with Gasteiger partial charge in [-0.2, -0.15) is 0 Å². The van der Waals surface area contributed by atoms with Gasteiger partial charge in [0.05, 0.1) is 23.4 Å². The highest BCUT2D eigenvalue weighted by Gasteiger charge is 2.16. The van der Waals surface area contributed by atoms with Crippen molar-refractivity contribution in [1.29, 1.82) is 0 Å². The van der Waals surface area contributed by atoms with E-state index in [1.54, 1.807) is 0 Å². The Kier molecular flexibility index (Phi) is 5.05. The van der Waals surface area contributed by atoms with Crippen LogP contribution in [0.5, 0.6) is 0 Å². The molecule has 0 saturated heterocycles. The second-order valence-electron chi connectivity index (χ2n) is 6.18. The van der Waals surface area contributed by atoms with Gasteiger partial charge in [0.25, 0.3) is 0 Å². The van der Waals surface area contributed by atoms with E-state index in [0.29, 0.717) is 17.2 Å². The highest BCUT2D eigenvalue weighted by atomic mass is 35.5. The molecule has 1 heterocycles. The molecule has 0 fully saturated rings. The first-order valence-corrected chi connectivity index (χ1v) is 8.72. The number of esters is 1. The van der Waals surface area contributed by atoms with Gasteiger partial charge in [-0.25, -0.2) is 9.78 Å². The molecule has 0 atom stereocenters. The van der Waals surface area contributed by atoms with E-state index in [4.69, 9.17) is 21.3 Å². The fourth-order valence-electron chi connectivity index (χ4n) is 2.89. The van der Waals surface area contributed by atoms with E-state index in [1.165, 1.54) is 0 Å². The number of carbonyl (C=O) groups is 1. The van der Waals surface area contributed by atoms with Crippen molar-refractivity contribution in [1.82, 2.24) is 4.98 Å². The number of aryl methyl sites for hydroxylation is 2. The van der Waals surface area contributed by atoms with Crippen molar-refractivity contribution in [3.8, 4) is 11.3 Å². The molecular weight excluding hydrogens is 334 g/mol. The number of aromatic nitrogens is 1. The fourth-order valence-corrected chi connectivity index (χ4v) is 3.02. The van der Waals surface area contributed by atoms with Crippen LogP contribution in [0.4, 0.5) is 0 Å². The van der Waals surface area contributed by atoms with E-state index < -0.39 is 0 Å². The third-order valence-corrected chi connectivity index (χ3v) is 4.30. The number of nitrogens with zero attached hydrogens (tertiary/aromatic N) is 1. The van der Waals surface area contributed by atoms with E-state index in [2.05, 4.69) is 6.07 Å². The van der Waals surface area contributed by atoms with Gasteiger partial charge in [0, 0.05) is 16.0 Å². The quantitative estimate of drug-likeness (QED) is 0.561. The van der Waals surface area contributed by atoms with Crippen LogP contribution in [-0.4, -0.2) is 17.6 Å². The average Bonchev–Trinajstić information content (AvgIpc) is 2.59. The Morgan fingerprint density at radius 2 is 1.84 bits per heavy atom. The molecule has 2 aromatic carbocycles. The number of pyridine rings is 1. The summed E-state index contributed by atoms with van der Waals surface area (Å²) < 4.78 is 5.39. The van der Waals surface area contributed by atoms with Crippen LogP contribution >= 0.6 is 11.6 Å². The monoisotopic (exact) mass is 353 g/mol. The highest BCUT2D eigenvalue weighted by molar-refractivity contribution is 6.30. The molecule has 0 N–H and O–H groups in total. The Balaban J connectivity index is 2.23. The van der Waals surface area contributed by atoms with Crippen LogP contribution in [0, 0.1) is 13.8 Å². The number of benzene rings is 2. The molecule has 1 aromatic heterocycles. The predicted octanol–water partition coefficient (Wildman–Crippen LogP) is 5.74. The Bertz CT molecular complexity index is 933. The lowest BCUT2D eigenvalue weighted by Crippen LogP contribution is -2.08. The van der Waals surface area contributed by atoms with E-state index in [-0.39, 0.29) is 5.97 Å². The molecule has 3 aromatic rings. The number of ether oxygens (including phenoxy) is 1. The number of halogens is 1. The molecular formula is C21H20ClNO2. The van der Waals surface area contributed by atoms with Gasteiger partial charge in [-0.1, -0.05) is 42.3 Å². The van der Waals surface area contributed by atoms with E-state index in [0.717, 1.165) is 39.7 Å². The summed E-state index contributed by atoms with van der Waals surface area (Å²) >= 11 is 5.98. The smallest absolute Gasteiger partial charge is 0.338 e. The number of carbonyl (C=O) groups excluding carboxylic acids is 1. The van der Waals surface area contributed by atoms with Crippen LogP contribution < -0.4 is 0 Å². The SMILES string of the molecule is CCCOC(=O)c1cc(-c2ccc(Cl)cc2)nc2c(C)cc(C)cc12. The van der Waals surface area contributed by atoms with Crippen molar-refractivity contribution < 1.29 is 9.53 Å². The summed E-state index contributed by atoms with van der Waals surface area (Å²) in [5.74, 6) is -0.311. The first kappa shape index (κ1) is 17.4. The number of hydrogen-bond donors (Lipinski definition) is 0. The second-order valence-corrected chi connectivity index (χ2v) is 6.61. The van der Waals surface area contributed by atoms with Crippen LogP contribution in [-0.2, 0) is 4.74 Å². The zero-order chi connectivity index (χ0) is 18.0. The summed E-state index contributed by atoms with van der Waals surface area (Å²) in [5, 5.41) is 1.50. The number of hydrogen-bond acceptors (Lipinski definition) is 3. The van der Waals surface area contributed by atoms with Crippen molar-refractivity contribution in [2.45, 2.75) is 27.2 Å². The molecule has 0 aliphatic rings. The number of rotatable bonds is 4. The van der Waals surface area contributed by atoms with E-state index in [9.17, 15) is 4.79 Å². The van der Waals surface area contributed by atoms with Crippen molar-refractivity contribution in [2.75, 3.05) is 6.61 Å². The Morgan fingerprint density at radius 1 is 1.12 bits per heavy atom. The van der Waals surface area contributed by atoms with Gasteiger partial charge in [-0.3, -0.25) is 0 Å². The van der Waals surface area contributed by atoms with Gasteiger partial charge in [0.1, 0.15) is 0 Å². The molecule has 0 saturated carbocycles. The van der Waals surface area contributed by atoms with E-state index >= 15 is 0 Å². The molecule has 25 heavy (non-hydrogen) atoms. The maximum atomic E-state index is 12.6. The molecule has 0 amide bonds. The Hall–Kier alpha value is -2.39. The third-order valence-electron chi connectivity index (χ3n) is 4.05. The highest BCUT2D eigenvalue weighted by Crippen LogP contribution is 2.29. The normalized spacial score (nSPS) is 10.9. The van der Waals surface area contributed by atoms with Crippen LogP contribution in [0.1, 0.15) is 34.8 Å². The molecule has 0 bridgehead atoms. The van der Waals surface area contributed by atoms with Gasteiger partial charge in [0.2, 0.25) is 0 Å². The molecule has 0 unspecified atom stereocenters. The largest absolute Gasteiger partial charge is 0.462 e. The maximum Gasteiger partial charge on any atom is 0.338 e. The average molecular weight is 354 g/mol. The lowest BCUT2D eigenvalue weighted by molar-refractivity contribution is 0.0507. The maximum absolute atomic E-state index is 12.6. The molecule has 4 heteroatoms. The molecule has 0 spiro atoms. The van der Waals surface area contributed by atoms with Crippen molar-refractivity contribution in [3.63, 3.8) is 0 Å². The summed E-state index contributed by atoms with van der Waals surface area (Å²) in [6.45, 7) is 6.41. The number of fused-ring (bicyclic) bond motifs is 1. The summed E-state index contributed by atoms with van der Waals surface area (Å²) in [7, 11) is 0. The van der Waals surface area contributed by atoms with Gasteiger partial charge in [0.15, 0.2) is 0 Å². The summed E-state index contributed by atoms with van der Waals surface area (Å²) in [6.07, 6.45) is 0.789. The van der Waals surface area contributed by atoms with E-state index in [1.807, 2.05) is 57.2 Å². The molecule has 0 aliphatic heterocycles. The minimum atomic E-state index is -0.311. The topological polar surface area (TPSA) is 39.2 Å². The van der Waals surface area contributed by atoms with Gasteiger partial charge in [-0.15, -0.1) is 0 Å². The van der Waals surface area contributed by atoms with Crippen LogP contribution in [0.25, 0.3) is 22.2 Å². The molecule has 128 valence electrons. The third kappa shape index (κ3) is 3.67.